The molecule has 0 amide bonds. The second kappa shape index (κ2) is 8.97. The number of hydrogen-bond acceptors (Lipinski definition) is 4. The number of rotatable bonds is 6. The fourth-order valence-electron chi connectivity index (χ4n) is 4.47. The molecule has 0 saturated heterocycles. The lowest BCUT2D eigenvalue weighted by Gasteiger charge is -2.33. The van der Waals surface area contributed by atoms with E-state index in [1.165, 1.54) is 24.0 Å². The van der Waals surface area contributed by atoms with Gasteiger partial charge in [0.2, 0.25) is 0 Å². The molecule has 4 N–H and O–H groups in total. The fourth-order valence-corrected chi connectivity index (χ4v) is 4.47. The zero-order valence-corrected chi connectivity index (χ0v) is 17.6. The SMILES string of the molecule is Cc1cc(C)c(O)c(CN[C@@H]2CCCC[C@H]2NCc2cc(C)cc(C)c2O)c1. The van der Waals surface area contributed by atoms with Gasteiger partial charge in [0.05, 0.1) is 0 Å². The summed E-state index contributed by atoms with van der Waals surface area (Å²) in [4.78, 5) is 0. The molecule has 4 nitrogen and oxygen atoms in total. The van der Waals surface area contributed by atoms with Crippen molar-refractivity contribution in [2.45, 2.75) is 78.6 Å². The van der Waals surface area contributed by atoms with E-state index in [0.29, 0.717) is 36.7 Å². The van der Waals surface area contributed by atoms with Crippen molar-refractivity contribution in [2.24, 2.45) is 0 Å². The third-order valence-electron chi connectivity index (χ3n) is 5.92. The Hall–Kier alpha value is -2.04. The van der Waals surface area contributed by atoms with Crippen molar-refractivity contribution >= 4 is 0 Å². The smallest absolute Gasteiger partial charge is 0.122 e. The van der Waals surface area contributed by atoms with E-state index in [1.807, 2.05) is 26.0 Å². The summed E-state index contributed by atoms with van der Waals surface area (Å²) < 4.78 is 0. The van der Waals surface area contributed by atoms with Crippen molar-refractivity contribution in [3.8, 4) is 11.5 Å². The molecule has 0 aliphatic heterocycles. The molecule has 4 heteroatoms. The van der Waals surface area contributed by atoms with Gasteiger partial charge < -0.3 is 20.8 Å². The molecule has 0 spiro atoms. The van der Waals surface area contributed by atoms with E-state index >= 15 is 0 Å². The van der Waals surface area contributed by atoms with Gasteiger partial charge in [-0.05, 0) is 51.7 Å². The molecule has 2 aromatic rings. The number of benzene rings is 2. The van der Waals surface area contributed by atoms with Crippen molar-refractivity contribution in [1.82, 2.24) is 10.6 Å². The quantitative estimate of drug-likeness (QED) is 0.593. The first-order valence-corrected chi connectivity index (χ1v) is 10.4. The number of phenols is 2. The Morgan fingerprint density at radius 2 is 1.11 bits per heavy atom. The molecular weight excluding hydrogens is 348 g/mol. The summed E-state index contributed by atoms with van der Waals surface area (Å²) in [5, 5.41) is 28.1. The molecule has 2 atom stereocenters. The van der Waals surface area contributed by atoms with Crippen LogP contribution in [0.1, 0.15) is 59.1 Å². The lowest BCUT2D eigenvalue weighted by molar-refractivity contribution is 0.279. The van der Waals surface area contributed by atoms with E-state index in [4.69, 9.17) is 0 Å². The second-order valence-corrected chi connectivity index (χ2v) is 8.44. The van der Waals surface area contributed by atoms with Gasteiger partial charge in [0.1, 0.15) is 11.5 Å². The first-order valence-electron chi connectivity index (χ1n) is 10.4. The van der Waals surface area contributed by atoms with Crippen molar-refractivity contribution in [2.75, 3.05) is 0 Å². The van der Waals surface area contributed by atoms with Crippen LogP contribution in [-0.4, -0.2) is 22.3 Å². The summed E-state index contributed by atoms with van der Waals surface area (Å²) in [5.41, 5.74) is 6.15. The van der Waals surface area contributed by atoms with E-state index in [1.54, 1.807) is 0 Å². The summed E-state index contributed by atoms with van der Waals surface area (Å²) >= 11 is 0. The molecule has 1 saturated carbocycles. The average molecular weight is 383 g/mol. The molecule has 1 aliphatic rings. The summed E-state index contributed by atoms with van der Waals surface area (Å²) in [7, 11) is 0. The molecule has 3 rings (SSSR count). The van der Waals surface area contributed by atoms with E-state index in [2.05, 4.69) is 36.6 Å². The topological polar surface area (TPSA) is 64.5 Å². The molecule has 2 aromatic carbocycles. The van der Waals surface area contributed by atoms with Gasteiger partial charge in [-0.25, -0.2) is 0 Å². The number of hydrogen-bond donors (Lipinski definition) is 4. The maximum atomic E-state index is 10.4. The van der Waals surface area contributed by atoms with Crippen LogP contribution >= 0.6 is 0 Å². The summed E-state index contributed by atoms with van der Waals surface area (Å²) in [6, 6.07) is 8.88. The highest BCUT2D eigenvalue weighted by molar-refractivity contribution is 5.43. The number of nitrogens with one attached hydrogen (secondary N) is 2. The van der Waals surface area contributed by atoms with Gasteiger partial charge in [-0.2, -0.15) is 0 Å². The van der Waals surface area contributed by atoms with Crippen LogP contribution in [0.15, 0.2) is 24.3 Å². The van der Waals surface area contributed by atoms with Crippen LogP contribution in [0.25, 0.3) is 0 Å². The van der Waals surface area contributed by atoms with Crippen LogP contribution in [0.5, 0.6) is 11.5 Å². The van der Waals surface area contributed by atoms with Gasteiger partial charge in [-0.3, -0.25) is 0 Å². The van der Waals surface area contributed by atoms with Crippen molar-refractivity contribution in [1.29, 1.82) is 0 Å². The molecule has 152 valence electrons. The van der Waals surface area contributed by atoms with E-state index in [-0.39, 0.29) is 0 Å². The average Bonchev–Trinajstić information content (AvgIpc) is 2.65. The predicted octanol–water partition coefficient (Wildman–Crippen LogP) is 4.52. The van der Waals surface area contributed by atoms with Crippen LogP contribution < -0.4 is 10.6 Å². The standard InChI is InChI=1S/C24H34N2O2/c1-15-9-17(3)23(27)19(11-15)13-25-21-7-5-6-8-22(21)26-14-20-12-16(2)10-18(4)24(20)28/h9-12,21-22,25-28H,5-8,13-14H2,1-4H3/t21-,22-/m1/s1. The Kier molecular flexibility index (Phi) is 6.63. The highest BCUT2D eigenvalue weighted by atomic mass is 16.3. The van der Waals surface area contributed by atoms with E-state index < -0.39 is 0 Å². The van der Waals surface area contributed by atoms with Gasteiger partial charge in [-0.15, -0.1) is 0 Å². The van der Waals surface area contributed by atoms with Gasteiger partial charge in [0.15, 0.2) is 0 Å². The zero-order chi connectivity index (χ0) is 20.3. The minimum atomic E-state index is 0.363. The second-order valence-electron chi connectivity index (χ2n) is 8.44. The maximum Gasteiger partial charge on any atom is 0.122 e. The summed E-state index contributed by atoms with van der Waals surface area (Å²) in [6.07, 6.45) is 4.71. The predicted molar refractivity (Wildman–Crippen MR) is 115 cm³/mol. The highest BCUT2D eigenvalue weighted by Crippen LogP contribution is 2.27. The number of phenolic OH excluding ortho intramolecular Hbond substituents is 2. The zero-order valence-electron chi connectivity index (χ0n) is 17.6. The van der Waals surface area contributed by atoms with E-state index in [9.17, 15) is 10.2 Å². The monoisotopic (exact) mass is 382 g/mol. The molecule has 0 radical (unpaired) electrons. The van der Waals surface area contributed by atoms with Crippen LogP contribution in [0, 0.1) is 27.7 Å². The molecule has 1 fully saturated rings. The molecule has 0 heterocycles. The molecule has 28 heavy (non-hydrogen) atoms. The molecular formula is C24H34N2O2. The largest absolute Gasteiger partial charge is 0.507 e. The summed E-state index contributed by atoms with van der Waals surface area (Å²) in [5.74, 6) is 0.803. The minimum absolute atomic E-state index is 0.363. The lowest BCUT2D eigenvalue weighted by atomic mass is 9.89. The molecule has 0 aromatic heterocycles. The number of aromatic hydroxyl groups is 2. The molecule has 0 unspecified atom stereocenters. The fraction of sp³-hybridized carbons (Fsp3) is 0.500. The minimum Gasteiger partial charge on any atom is -0.507 e. The highest BCUT2D eigenvalue weighted by Gasteiger charge is 2.25. The first kappa shape index (κ1) is 20.7. The van der Waals surface area contributed by atoms with Gasteiger partial charge in [0, 0.05) is 36.3 Å². The van der Waals surface area contributed by atoms with Gasteiger partial charge >= 0.3 is 0 Å². The molecule has 1 aliphatic carbocycles. The van der Waals surface area contributed by atoms with Gasteiger partial charge in [-0.1, -0.05) is 48.2 Å². The number of aryl methyl sites for hydroxylation is 4. The van der Waals surface area contributed by atoms with Gasteiger partial charge in [0.25, 0.3) is 0 Å². The normalized spacial score (nSPS) is 19.7. The van der Waals surface area contributed by atoms with Crippen molar-refractivity contribution < 1.29 is 10.2 Å². The molecule has 0 bridgehead atoms. The Balaban J connectivity index is 1.65. The lowest BCUT2D eigenvalue weighted by Crippen LogP contribution is -2.49. The van der Waals surface area contributed by atoms with Crippen LogP contribution in [0.3, 0.4) is 0 Å². The Labute approximate surface area is 169 Å². The summed E-state index contributed by atoms with van der Waals surface area (Å²) in [6.45, 7) is 9.38. The van der Waals surface area contributed by atoms with Crippen LogP contribution in [0.4, 0.5) is 0 Å². The van der Waals surface area contributed by atoms with E-state index in [0.717, 1.165) is 35.1 Å². The Morgan fingerprint density at radius 1 is 0.714 bits per heavy atom. The Bertz CT molecular complexity index is 762. The van der Waals surface area contributed by atoms with Crippen LogP contribution in [-0.2, 0) is 13.1 Å². The van der Waals surface area contributed by atoms with Crippen molar-refractivity contribution in [3.63, 3.8) is 0 Å². The maximum absolute atomic E-state index is 10.4. The van der Waals surface area contributed by atoms with Crippen molar-refractivity contribution in [3.05, 3.63) is 57.6 Å². The van der Waals surface area contributed by atoms with Crippen LogP contribution in [0.2, 0.25) is 0 Å². The Morgan fingerprint density at radius 3 is 1.50 bits per heavy atom. The third-order valence-corrected chi connectivity index (χ3v) is 5.92. The third kappa shape index (κ3) is 4.86. The first-order chi connectivity index (χ1) is 13.3.